The Morgan fingerprint density at radius 2 is 2.15 bits per heavy atom. The molecule has 0 fully saturated rings. The average molecular weight is 339 g/mol. The van der Waals surface area contributed by atoms with Gasteiger partial charge in [-0.25, -0.2) is 13.2 Å². The van der Waals surface area contributed by atoms with Crippen molar-refractivity contribution >= 4 is 37.5 Å². The van der Waals surface area contributed by atoms with Crippen molar-refractivity contribution in [2.24, 2.45) is 0 Å². The van der Waals surface area contributed by atoms with Gasteiger partial charge < -0.3 is 9.84 Å². The molecule has 112 valence electrons. The second kappa shape index (κ2) is 7.75. The van der Waals surface area contributed by atoms with E-state index in [0.29, 0.717) is 6.61 Å². The Hall–Kier alpha value is -0.920. The van der Waals surface area contributed by atoms with E-state index in [1.54, 1.807) is 11.8 Å². The second-order valence-corrected chi connectivity index (χ2v) is 7.73. The van der Waals surface area contributed by atoms with E-state index >= 15 is 0 Å². The van der Waals surface area contributed by atoms with E-state index in [1.165, 1.54) is 12.1 Å². The topological polar surface area (TPSA) is 80.7 Å². The highest BCUT2D eigenvalue weighted by atomic mass is 35.7. The fourth-order valence-electron chi connectivity index (χ4n) is 1.44. The van der Waals surface area contributed by atoms with Gasteiger partial charge in [0.15, 0.2) is 0 Å². The van der Waals surface area contributed by atoms with Crippen LogP contribution >= 0.6 is 22.4 Å². The van der Waals surface area contributed by atoms with Gasteiger partial charge in [0, 0.05) is 10.7 Å². The molecule has 0 aromatic heterocycles. The summed E-state index contributed by atoms with van der Waals surface area (Å²) >= 11 is 1.76. The Balaban J connectivity index is 2.87. The third-order valence-corrected chi connectivity index (χ3v) is 4.68. The number of benzene rings is 1. The number of carboxylic acids is 1. The molecule has 0 bridgehead atoms. The Morgan fingerprint density at radius 3 is 2.70 bits per heavy atom. The predicted octanol–water partition coefficient (Wildman–Crippen LogP) is 2.83. The predicted molar refractivity (Wildman–Crippen MR) is 79.6 cm³/mol. The molecule has 0 saturated heterocycles. The van der Waals surface area contributed by atoms with Crippen molar-refractivity contribution in [1.29, 1.82) is 0 Å². The van der Waals surface area contributed by atoms with Gasteiger partial charge in [-0.05, 0) is 36.1 Å². The molecule has 0 aliphatic rings. The lowest BCUT2D eigenvalue weighted by Crippen LogP contribution is -2.05. The van der Waals surface area contributed by atoms with Crippen LogP contribution in [0.25, 0.3) is 0 Å². The Kier molecular flexibility index (Phi) is 6.64. The van der Waals surface area contributed by atoms with Gasteiger partial charge in [-0.1, -0.05) is 6.92 Å². The molecule has 1 N–H and O–H groups in total. The number of carbonyl (C=O) groups is 1. The van der Waals surface area contributed by atoms with Crippen LogP contribution in [0, 0.1) is 0 Å². The Bertz CT molecular complexity index is 571. The van der Waals surface area contributed by atoms with Crippen molar-refractivity contribution in [2.75, 3.05) is 18.1 Å². The van der Waals surface area contributed by atoms with Crippen LogP contribution < -0.4 is 4.74 Å². The molecule has 0 atom stereocenters. The number of hydrogen-bond acceptors (Lipinski definition) is 5. The molecule has 0 radical (unpaired) electrons. The van der Waals surface area contributed by atoms with Crippen molar-refractivity contribution in [1.82, 2.24) is 0 Å². The van der Waals surface area contributed by atoms with E-state index in [2.05, 4.69) is 0 Å². The number of hydrogen-bond donors (Lipinski definition) is 1. The van der Waals surface area contributed by atoms with E-state index in [-0.39, 0.29) is 16.2 Å². The largest absolute Gasteiger partial charge is 0.492 e. The number of carboxylic acid groups (broad SMARTS) is 1. The standard InChI is InChI=1S/C12H15ClO5S2/c1-2-19-7-3-6-18-10-5-4-9(12(14)15)8-11(10)20(13,16)17/h4-5,8H,2-3,6-7H2,1H3,(H,14,15). The second-order valence-electron chi connectivity index (χ2n) is 3.80. The molecule has 0 heterocycles. The molecule has 1 rings (SSSR count). The first kappa shape index (κ1) is 17.1. The van der Waals surface area contributed by atoms with Crippen LogP contribution in [0.3, 0.4) is 0 Å². The summed E-state index contributed by atoms with van der Waals surface area (Å²) in [4.78, 5) is 10.5. The minimum absolute atomic E-state index is 0.0755. The maximum atomic E-state index is 11.5. The Labute approximate surface area is 126 Å². The highest BCUT2D eigenvalue weighted by Gasteiger charge is 2.19. The van der Waals surface area contributed by atoms with E-state index in [0.717, 1.165) is 24.0 Å². The van der Waals surface area contributed by atoms with Gasteiger partial charge in [-0.15, -0.1) is 0 Å². The number of ether oxygens (including phenoxy) is 1. The maximum absolute atomic E-state index is 11.5. The number of aromatic carboxylic acids is 1. The van der Waals surface area contributed by atoms with Gasteiger partial charge in [-0.3, -0.25) is 0 Å². The molecule has 0 aliphatic heterocycles. The molecular formula is C12H15ClO5S2. The van der Waals surface area contributed by atoms with E-state index in [1.807, 2.05) is 6.92 Å². The lowest BCUT2D eigenvalue weighted by atomic mass is 10.2. The minimum atomic E-state index is -4.06. The molecule has 8 heteroatoms. The van der Waals surface area contributed by atoms with E-state index in [9.17, 15) is 13.2 Å². The lowest BCUT2D eigenvalue weighted by molar-refractivity contribution is 0.0696. The van der Waals surface area contributed by atoms with Gasteiger partial charge in [0.1, 0.15) is 10.6 Å². The van der Waals surface area contributed by atoms with Gasteiger partial charge in [0.2, 0.25) is 0 Å². The summed E-state index contributed by atoms with van der Waals surface area (Å²) in [5.41, 5.74) is -0.155. The Morgan fingerprint density at radius 1 is 1.45 bits per heavy atom. The summed E-state index contributed by atoms with van der Waals surface area (Å²) in [7, 11) is 1.24. The zero-order valence-corrected chi connectivity index (χ0v) is 13.2. The van der Waals surface area contributed by atoms with E-state index in [4.69, 9.17) is 20.5 Å². The summed E-state index contributed by atoms with van der Waals surface area (Å²) in [5.74, 6) is 0.769. The van der Waals surface area contributed by atoms with Gasteiger partial charge in [-0.2, -0.15) is 11.8 Å². The molecule has 0 aliphatic carbocycles. The first-order valence-electron chi connectivity index (χ1n) is 5.88. The fourth-order valence-corrected chi connectivity index (χ4v) is 3.05. The summed E-state index contributed by atoms with van der Waals surface area (Å²) in [5, 5.41) is 8.86. The third-order valence-electron chi connectivity index (χ3n) is 2.35. The third kappa shape index (κ3) is 5.22. The fraction of sp³-hybridized carbons (Fsp3) is 0.417. The molecular weight excluding hydrogens is 324 g/mol. The minimum Gasteiger partial charge on any atom is -0.492 e. The van der Waals surface area contributed by atoms with Crippen molar-refractivity contribution in [3.63, 3.8) is 0 Å². The van der Waals surface area contributed by atoms with Crippen molar-refractivity contribution in [2.45, 2.75) is 18.2 Å². The molecule has 5 nitrogen and oxygen atoms in total. The van der Waals surface area contributed by atoms with E-state index < -0.39 is 15.0 Å². The molecule has 0 spiro atoms. The summed E-state index contributed by atoms with van der Waals surface area (Å²) in [6.45, 7) is 2.40. The molecule has 0 saturated carbocycles. The quantitative estimate of drug-likeness (QED) is 0.580. The zero-order valence-electron chi connectivity index (χ0n) is 10.8. The van der Waals surface area contributed by atoms with Crippen molar-refractivity contribution in [3.8, 4) is 5.75 Å². The molecule has 1 aromatic rings. The first-order chi connectivity index (χ1) is 9.36. The van der Waals surface area contributed by atoms with Crippen LogP contribution in [0.1, 0.15) is 23.7 Å². The van der Waals surface area contributed by atoms with Crippen LogP contribution in [0.2, 0.25) is 0 Å². The van der Waals surface area contributed by atoms with Gasteiger partial charge in [0.25, 0.3) is 9.05 Å². The lowest BCUT2D eigenvalue weighted by Gasteiger charge is -2.10. The molecule has 20 heavy (non-hydrogen) atoms. The van der Waals surface area contributed by atoms with Gasteiger partial charge in [0.05, 0.1) is 12.2 Å². The smallest absolute Gasteiger partial charge is 0.335 e. The van der Waals surface area contributed by atoms with Crippen molar-refractivity contribution < 1.29 is 23.1 Å². The van der Waals surface area contributed by atoms with Crippen LogP contribution in [-0.4, -0.2) is 37.6 Å². The molecule has 1 aromatic carbocycles. The van der Waals surface area contributed by atoms with Gasteiger partial charge >= 0.3 is 5.97 Å². The number of rotatable bonds is 8. The summed E-state index contributed by atoms with van der Waals surface area (Å²) in [6.07, 6.45) is 0.765. The van der Waals surface area contributed by atoms with Crippen LogP contribution in [0.5, 0.6) is 5.75 Å². The highest BCUT2D eigenvalue weighted by molar-refractivity contribution is 8.13. The normalized spacial score (nSPS) is 11.3. The zero-order chi connectivity index (χ0) is 15.2. The summed E-state index contributed by atoms with van der Waals surface area (Å²) in [6, 6.07) is 3.59. The maximum Gasteiger partial charge on any atom is 0.335 e. The molecule has 0 amide bonds. The van der Waals surface area contributed by atoms with Crippen LogP contribution in [0.4, 0.5) is 0 Å². The molecule has 0 unspecified atom stereocenters. The monoisotopic (exact) mass is 338 g/mol. The number of halogens is 1. The first-order valence-corrected chi connectivity index (χ1v) is 9.35. The van der Waals surface area contributed by atoms with Crippen LogP contribution in [-0.2, 0) is 9.05 Å². The SMILES string of the molecule is CCSCCCOc1ccc(C(=O)O)cc1S(=O)(=O)Cl. The average Bonchev–Trinajstić information content (AvgIpc) is 2.37. The highest BCUT2D eigenvalue weighted by Crippen LogP contribution is 2.28. The number of thioether (sulfide) groups is 1. The van der Waals surface area contributed by atoms with Crippen molar-refractivity contribution in [3.05, 3.63) is 23.8 Å². The summed E-state index contributed by atoms with van der Waals surface area (Å²) < 4.78 is 28.3. The van der Waals surface area contributed by atoms with Crippen LogP contribution in [0.15, 0.2) is 23.1 Å².